The number of hydrogen-bond acceptors (Lipinski definition) is 4. The maximum absolute atomic E-state index is 10.2. The molecule has 1 aromatic rings. The van der Waals surface area contributed by atoms with Crippen molar-refractivity contribution in [2.45, 2.75) is 6.92 Å². The van der Waals surface area contributed by atoms with Crippen molar-refractivity contribution in [3.8, 4) is 0 Å². The van der Waals surface area contributed by atoms with Gasteiger partial charge >= 0.3 is 5.69 Å². The van der Waals surface area contributed by atoms with Gasteiger partial charge in [-0.15, -0.1) is 0 Å². The summed E-state index contributed by atoms with van der Waals surface area (Å²) in [5.74, 6) is 0. The summed E-state index contributed by atoms with van der Waals surface area (Å²) >= 11 is 6.39. The van der Waals surface area contributed by atoms with Crippen LogP contribution in [0.3, 0.4) is 0 Å². The molecule has 0 amide bonds. The third-order valence-corrected chi connectivity index (χ3v) is 2.08. The third kappa shape index (κ3) is 1.10. The molecule has 1 heterocycles. The predicted octanol–water partition coefficient (Wildman–Crippen LogP) is 2.01. The standard InChI is InChI=1S/C4H3ClN2O2S/c1-2-3(7(8)9)4(5)10-6-2/h1H3. The first-order valence-corrected chi connectivity index (χ1v) is 3.54. The average Bonchev–Trinajstić information content (AvgIpc) is 2.11. The molecule has 0 aliphatic rings. The zero-order valence-electron chi connectivity index (χ0n) is 5.00. The number of hydrogen-bond donors (Lipinski definition) is 0. The van der Waals surface area contributed by atoms with Crippen molar-refractivity contribution in [2.24, 2.45) is 0 Å². The molecule has 0 aliphatic heterocycles. The van der Waals surface area contributed by atoms with Gasteiger partial charge in [0.25, 0.3) is 0 Å². The van der Waals surface area contributed by atoms with Crippen LogP contribution in [0.1, 0.15) is 5.69 Å². The molecule has 0 saturated heterocycles. The van der Waals surface area contributed by atoms with E-state index in [1.54, 1.807) is 6.92 Å². The lowest BCUT2D eigenvalue weighted by Gasteiger charge is -1.84. The first kappa shape index (κ1) is 7.43. The highest BCUT2D eigenvalue weighted by molar-refractivity contribution is 7.11. The Morgan fingerprint density at radius 2 is 2.40 bits per heavy atom. The molecule has 0 unspecified atom stereocenters. The number of nitrogens with zero attached hydrogens (tertiary/aromatic N) is 2. The third-order valence-electron chi connectivity index (χ3n) is 0.974. The van der Waals surface area contributed by atoms with Gasteiger partial charge in [0.05, 0.1) is 4.92 Å². The molecule has 0 bridgehead atoms. The number of aryl methyl sites for hydroxylation is 1. The molecule has 6 heteroatoms. The zero-order chi connectivity index (χ0) is 7.72. The quantitative estimate of drug-likeness (QED) is 0.488. The van der Waals surface area contributed by atoms with E-state index in [-0.39, 0.29) is 10.0 Å². The molecule has 0 aromatic carbocycles. The van der Waals surface area contributed by atoms with Crippen molar-refractivity contribution >= 4 is 28.8 Å². The second-order valence-corrected chi connectivity index (χ2v) is 3.02. The molecule has 0 fully saturated rings. The molecule has 0 atom stereocenters. The Labute approximate surface area is 65.8 Å². The van der Waals surface area contributed by atoms with Crippen molar-refractivity contribution in [1.29, 1.82) is 0 Å². The molecule has 1 rings (SSSR count). The Balaban J connectivity index is 3.23. The van der Waals surface area contributed by atoms with Gasteiger partial charge in [-0.1, -0.05) is 11.6 Å². The monoisotopic (exact) mass is 178 g/mol. The Bertz CT molecular complexity index is 253. The van der Waals surface area contributed by atoms with Crippen molar-refractivity contribution in [2.75, 3.05) is 0 Å². The van der Waals surface area contributed by atoms with Crippen LogP contribution >= 0.6 is 23.1 Å². The Hall–Kier alpha value is -0.680. The maximum Gasteiger partial charge on any atom is 0.321 e. The van der Waals surface area contributed by atoms with Crippen LogP contribution in [-0.4, -0.2) is 9.30 Å². The summed E-state index contributed by atoms with van der Waals surface area (Å²) in [6.45, 7) is 1.56. The van der Waals surface area contributed by atoms with E-state index in [9.17, 15) is 10.1 Å². The fourth-order valence-corrected chi connectivity index (χ4v) is 1.46. The van der Waals surface area contributed by atoms with E-state index in [4.69, 9.17) is 11.6 Å². The van der Waals surface area contributed by atoms with Gasteiger partial charge in [-0.25, -0.2) is 0 Å². The number of nitro groups is 1. The molecule has 54 valence electrons. The summed E-state index contributed by atoms with van der Waals surface area (Å²) in [7, 11) is 0. The summed E-state index contributed by atoms with van der Waals surface area (Å²) in [6.07, 6.45) is 0. The normalized spacial score (nSPS) is 9.80. The van der Waals surface area contributed by atoms with Crippen molar-refractivity contribution in [3.05, 3.63) is 20.1 Å². The highest BCUT2D eigenvalue weighted by Crippen LogP contribution is 2.30. The molecule has 10 heavy (non-hydrogen) atoms. The van der Waals surface area contributed by atoms with Gasteiger partial charge in [-0.3, -0.25) is 10.1 Å². The molecule has 0 saturated carbocycles. The smallest absolute Gasteiger partial charge is 0.258 e. The van der Waals surface area contributed by atoms with Gasteiger partial charge in [0.15, 0.2) is 4.34 Å². The number of rotatable bonds is 1. The van der Waals surface area contributed by atoms with E-state index in [0.717, 1.165) is 11.5 Å². The molecule has 0 N–H and O–H groups in total. The van der Waals surface area contributed by atoms with Gasteiger partial charge in [-0.05, 0) is 18.5 Å². The lowest BCUT2D eigenvalue weighted by atomic mass is 10.4. The largest absolute Gasteiger partial charge is 0.321 e. The van der Waals surface area contributed by atoms with Crippen molar-refractivity contribution in [1.82, 2.24) is 4.37 Å². The Kier molecular flexibility index (Phi) is 1.87. The van der Waals surface area contributed by atoms with E-state index in [1.807, 2.05) is 0 Å². The molecular formula is C4H3ClN2O2S. The summed E-state index contributed by atoms with van der Waals surface area (Å²) in [6, 6.07) is 0. The summed E-state index contributed by atoms with van der Waals surface area (Å²) in [5, 5.41) is 10.2. The first-order chi connectivity index (χ1) is 4.63. The van der Waals surface area contributed by atoms with E-state index in [2.05, 4.69) is 4.37 Å². The molecule has 1 aromatic heterocycles. The minimum absolute atomic E-state index is 0.0772. The summed E-state index contributed by atoms with van der Waals surface area (Å²) in [5.41, 5.74) is 0.298. The van der Waals surface area contributed by atoms with Crippen LogP contribution in [0.2, 0.25) is 4.34 Å². The van der Waals surface area contributed by atoms with Gasteiger partial charge < -0.3 is 0 Å². The van der Waals surface area contributed by atoms with Crippen LogP contribution < -0.4 is 0 Å². The highest BCUT2D eigenvalue weighted by Gasteiger charge is 2.19. The summed E-state index contributed by atoms with van der Waals surface area (Å²) < 4.78 is 3.85. The maximum atomic E-state index is 10.2. The Morgan fingerprint density at radius 1 is 1.80 bits per heavy atom. The second kappa shape index (κ2) is 2.51. The SMILES string of the molecule is Cc1nsc(Cl)c1[N+](=O)[O-]. The minimum atomic E-state index is -0.527. The van der Waals surface area contributed by atoms with E-state index >= 15 is 0 Å². The van der Waals surface area contributed by atoms with Crippen molar-refractivity contribution in [3.63, 3.8) is 0 Å². The van der Waals surface area contributed by atoms with Gasteiger partial charge in [0, 0.05) is 0 Å². The van der Waals surface area contributed by atoms with E-state index in [1.165, 1.54) is 0 Å². The molecule has 0 spiro atoms. The lowest BCUT2D eigenvalue weighted by Crippen LogP contribution is -1.88. The molecule has 0 radical (unpaired) electrons. The van der Waals surface area contributed by atoms with Crippen LogP contribution in [0.5, 0.6) is 0 Å². The second-order valence-electron chi connectivity index (χ2n) is 1.65. The first-order valence-electron chi connectivity index (χ1n) is 2.39. The van der Waals surface area contributed by atoms with Gasteiger partial charge in [-0.2, -0.15) is 4.37 Å². The van der Waals surface area contributed by atoms with Crippen molar-refractivity contribution < 1.29 is 4.92 Å². The molecule has 0 aliphatic carbocycles. The average molecular weight is 179 g/mol. The van der Waals surface area contributed by atoms with Gasteiger partial charge in [0.2, 0.25) is 0 Å². The van der Waals surface area contributed by atoms with Crippen LogP contribution in [-0.2, 0) is 0 Å². The highest BCUT2D eigenvalue weighted by atomic mass is 35.5. The van der Waals surface area contributed by atoms with Gasteiger partial charge in [0.1, 0.15) is 5.69 Å². The lowest BCUT2D eigenvalue weighted by molar-refractivity contribution is -0.385. The molecular weight excluding hydrogens is 176 g/mol. The fraction of sp³-hybridized carbons (Fsp3) is 0.250. The summed E-state index contributed by atoms with van der Waals surface area (Å²) in [4.78, 5) is 9.66. The number of aromatic nitrogens is 1. The predicted molar refractivity (Wildman–Crippen MR) is 38.5 cm³/mol. The zero-order valence-corrected chi connectivity index (χ0v) is 6.57. The number of halogens is 1. The minimum Gasteiger partial charge on any atom is -0.258 e. The Morgan fingerprint density at radius 3 is 2.60 bits per heavy atom. The van der Waals surface area contributed by atoms with E-state index < -0.39 is 4.92 Å². The van der Waals surface area contributed by atoms with Crippen LogP contribution in [0.4, 0.5) is 5.69 Å². The van der Waals surface area contributed by atoms with Crippen LogP contribution in [0.25, 0.3) is 0 Å². The topological polar surface area (TPSA) is 56.0 Å². The van der Waals surface area contributed by atoms with Crippen LogP contribution in [0.15, 0.2) is 0 Å². The van der Waals surface area contributed by atoms with Crippen LogP contribution in [0, 0.1) is 17.0 Å². The molecule has 4 nitrogen and oxygen atoms in total. The van der Waals surface area contributed by atoms with E-state index in [0.29, 0.717) is 5.69 Å². The fourth-order valence-electron chi connectivity index (χ4n) is 0.541.